The normalized spacial score (nSPS) is 10.8. The fraction of sp³-hybridized carbons (Fsp3) is 0.650. The average Bonchev–Trinajstić information content (AvgIpc) is 2.56. The van der Waals surface area contributed by atoms with Gasteiger partial charge >= 0.3 is 0 Å². The molecule has 0 aromatic heterocycles. The van der Waals surface area contributed by atoms with Crippen molar-refractivity contribution in [2.75, 3.05) is 5.32 Å². The van der Waals surface area contributed by atoms with E-state index in [4.69, 9.17) is 23.2 Å². The van der Waals surface area contributed by atoms with E-state index in [0.29, 0.717) is 22.2 Å². The fourth-order valence-corrected chi connectivity index (χ4v) is 3.09. The molecule has 0 bridgehead atoms. The van der Waals surface area contributed by atoms with E-state index in [-0.39, 0.29) is 5.91 Å². The van der Waals surface area contributed by atoms with E-state index in [2.05, 4.69) is 12.2 Å². The third kappa shape index (κ3) is 10.2. The number of hydrogen-bond acceptors (Lipinski definition) is 1. The molecule has 0 saturated heterocycles. The van der Waals surface area contributed by atoms with Gasteiger partial charge in [-0.1, -0.05) is 94.3 Å². The Morgan fingerprint density at radius 3 is 2.00 bits per heavy atom. The summed E-state index contributed by atoms with van der Waals surface area (Å²) in [5.74, 6) is 0.00934. The van der Waals surface area contributed by atoms with Crippen molar-refractivity contribution in [3.8, 4) is 0 Å². The molecule has 1 aromatic rings. The van der Waals surface area contributed by atoms with Gasteiger partial charge in [-0.3, -0.25) is 4.79 Å². The Morgan fingerprint density at radius 2 is 1.42 bits per heavy atom. The highest BCUT2D eigenvalue weighted by molar-refractivity contribution is 6.35. The minimum atomic E-state index is 0.00934. The number of carbonyl (C=O) groups is 1. The molecule has 1 rings (SSSR count). The topological polar surface area (TPSA) is 29.1 Å². The third-order valence-electron chi connectivity index (χ3n) is 4.21. The molecular weight excluding hydrogens is 341 g/mol. The maximum atomic E-state index is 11.9. The lowest BCUT2D eigenvalue weighted by Crippen LogP contribution is -2.11. The first-order valence-corrected chi connectivity index (χ1v) is 10.1. The van der Waals surface area contributed by atoms with Crippen LogP contribution in [0.25, 0.3) is 0 Å². The molecule has 0 aliphatic carbocycles. The molecule has 0 atom stereocenters. The Morgan fingerprint density at radius 1 is 0.875 bits per heavy atom. The van der Waals surface area contributed by atoms with E-state index >= 15 is 0 Å². The maximum absolute atomic E-state index is 11.9. The molecule has 1 aromatic carbocycles. The van der Waals surface area contributed by atoms with Gasteiger partial charge in [-0.2, -0.15) is 0 Å². The molecule has 0 spiro atoms. The van der Waals surface area contributed by atoms with Gasteiger partial charge in [0.15, 0.2) is 0 Å². The highest BCUT2D eigenvalue weighted by atomic mass is 35.5. The molecule has 0 heterocycles. The second-order valence-corrected chi connectivity index (χ2v) is 7.30. The Labute approximate surface area is 157 Å². The van der Waals surface area contributed by atoms with Crippen molar-refractivity contribution in [2.24, 2.45) is 0 Å². The van der Waals surface area contributed by atoms with Crippen LogP contribution in [0.4, 0.5) is 5.69 Å². The predicted molar refractivity (Wildman–Crippen MR) is 106 cm³/mol. The number of rotatable bonds is 13. The van der Waals surface area contributed by atoms with Gasteiger partial charge in [0.1, 0.15) is 0 Å². The van der Waals surface area contributed by atoms with Crippen LogP contribution < -0.4 is 5.32 Å². The summed E-state index contributed by atoms with van der Waals surface area (Å²) in [5.41, 5.74) is 0.595. The molecule has 1 amide bonds. The van der Waals surface area contributed by atoms with Crippen LogP contribution >= 0.6 is 23.2 Å². The second kappa shape index (κ2) is 13.5. The number of halogens is 2. The van der Waals surface area contributed by atoms with Crippen LogP contribution in [0.2, 0.25) is 10.0 Å². The first kappa shape index (κ1) is 21.3. The van der Waals surface area contributed by atoms with Gasteiger partial charge in [0.25, 0.3) is 0 Å². The largest absolute Gasteiger partial charge is 0.325 e. The van der Waals surface area contributed by atoms with Crippen LogP contribution in [0, 0.1) is 0 Å². The number of anilines is 1. The molecule has 0 radical (unpaired) electrons. The first-order valence-electron chi connectivity index (χ1n) is 9.38. The van der Waals surface area contributed by atoms with Gasteiger partial charge < -0.3 is 5.32 Å². The van der Waals surface area contributed by atoms with Crippen LogP contribution in [0.3, 0.4) is 0 Å². The highest BCUT2D eigenvalue weighted by Gasteiger charge is 2.06. The molecule has 0 fully saturated rings. The Hall–Kier alpha value is -0.730. The molecule has 1 N–H and O–H groups in total. The average molecular weight is 372 g/mol. The predicted octanol–water partition coefficient (Wildman–Crippen LogP) is 7.63. The quantitative estimate of drug-likeness (QED) is 0.354. The monoisotopic (exact) mass is 371 g/mol. The van der Waals surface area contributed by atoms with Crippen LogP contribution in [-0.4, -0.2) is 5.91 Å². The van der Waals surface area contributed by atoms with Crippen molar-refractivity contribution < 1.29 is 4.79 Å². The molecule has 136 valence electrons. The summed E-state index contributed by atoms with van der Waals surface area (Å²) in [6.45, 7) is 2.25. The lowest BCUT2D eigenvalue weighted by molar-refractivity contribution is -0.116. The van der Waals surface area contributed by atoms with E-state index in [9.17, 15) is 4.79 Å². The molecule has 2 nitrogen and oxygen atoms in total. The number of nitrogens with one attached hydrogen (secondary N) is 1. The van der Waals surface area contributed by atoms with Gasteiger partial charge in [0.05, 0.1) is 10.7 Å². The van der Waals surface area contributed by atoms with Gasteiger partial charge in [-0.15, -0.1) is 0 Å². The van der Waals surface area contributed by atoms with Gasteiger partial charge in [-0.05, 0) is 24.6 Å². The number of benzene rings is 1. The molecule has 4 heteroatoms. The maximum Gasteiger partial charge on any atom is 0.224 e. The molecule has 24 heavy (non-hydrogen) atoms. The molecule has 0 aliphatic rings. The van der Waals surface area contributed by atoms with Gasteiger partial charge in [-0.25, -0.2) is 0 Å². The Bertz CT molecular complexity index is 477. The Kier molecular flexibility index (Phi) is 12.0. The van der Waals surface area contributed by atoms with Crippen molar-refractivity contribution in [3.05, 3.63) is 28.2 Å². The zero-order valence-corrected chi connectivity index (χ0v) is 16.4. The number of carbonyl (C=O) groups excluding carboxylic acids is 1. The summed E-state index contributed by atoms with van der Waals surface area (Å²) in [7, 11) is 0. The molecule has 0 aliphatic heterocycles. The van der Waals surface area contributed by atoms with Crippen LogP contribution in [0.15, 0.2) is 18.2 Å². The second-order valence-electron chi connectivity index (χ2n) is 6.46. The SMILES string of the molecule is CCCCCCCCCCCCCC(=O)Nc1cc(Cl)ccc1Cl. The zero-order chi connectivity index (χ0) is 17.6. The van der Waals surface area contributed by atoms with Gasteiger partial charge in [0.2, 0.25) is 5.91 Å². The van der Waals surface area contributed by atoms with Crippen LogP contribution in [0.1, 0.15) is 84.0 Å². The summed E-state index contributed by atoms with van der Waals surface area (Å²) >= 11 is 12.0. The van der Waals surface area contributed by atoms with Crippen molar-refractivity contribution >= 4 is 34.8 Å². The lowest BCUT2D eigenvalue weighted by atomic mass is 10.1. The fourth-order valence-electron chi connectivity index (χ4n) is 2.76. The standard InChI is InChI=1S/C20H31Cl2NO/c1-2-3-4-5-6-7-8-9-10-11-12-13-20(24)23-19-16-17(21)14-15-18(19)22/h14-16H,2-13H2,1H3,(H,23,24). The Balaban J connectivity index is 1.99. The van der Waals surface area contributed by atoms with Gasteiger partial charge in [0, 0.05) is 11.4 Å². The zero-order valence-electron chi connectivity index (χ0n) is 14.9. The minimum Gasteiger partial charge on any atom is -0.325 e. The van der Waals surface area contributed by atoms with Crippen molar-refractivity contribution in [3.63, 3.8) is 0 Å². The summed E-state index contributed by atoms with van der Waals surface area (Å²) in [6.07, 6.45) is 14.6. The molecule has 0 unspecified atom stereocenters. The highest BCUT2D eigenvalue weighted by Crippen LogP contribution is 2.25. The van der Waals surface area contributed by atoms with E-state index in [1.54, 1.807) is 18.2 Å². The summed E-state index contributed by atoms with van der Waals surface area (Å²) < 4.78 is 0. The summed E-state index contributed by atoms with van der Waals surface area (Å²) in [5, 5.41) is 3.92. The van der Waals surface area contributed by atoms with Crippen molar-refractivity contribution in [1.82, 2.24) is 0 Å². The van der Waals surface area contributed by atoms with Crippen LogP contribution in [0.5, 0.6) is 0 Å². The van der Waals surface area contributed by atoms with E-state index < -0.39 is 0 Å². The van der Waals surface area contributed by atoms with E-state index in [0.717, 1.165) is 12.8 Å². The van der Waals surface area contributed by atoms with Crippen LogP contribution in [-0.2, 0) is 4.79 Å². The van der Waals surface area contributed by atoms with E-state index in [1.165, 1.54) is 57.8 Å². The van der Waals surface area contributed by atoms with Crippen molar-refractivity contribution in [2.45, 2.75) is 84.0 Å². The smallest absolute Gasteiger partial charge is 0.224 e. The van der Waals surface area contributed by atoms with Crippen molar-refractivity contribution in [1.29, 1.82) is 0 Å². The first-order chi connectivity index (χ1) is 11.6. The van der Waals surface area contributed by atoms with E-state index in [1.807, 2.05) is 0 Å². The lowest BCUT2D eigenvalue weighted by Gasteiger charge is -2.07. The summed E-state index contributed by atoms with van der Waals surface area (Å²) in [6, 6.07) is 5.09. The summed E-state index contributed by atoms with van der Waals surface area (Å²) in [4.78, 5) is 11.9. The minimum absolute atomic E-state index is 0.00934. The molecular formula is C20H31Cl2NO. The number of hydrogen-bond donors (Lipinski definition) is 1. The number of unbranched alkanes of at least 4 members (excludes halogenated alkanes) is 10. The number of amides is 1. The molecule has 0 saturated carbocycles. The third-order valence-corrected chi connectivity index (χ3v) is 4.77.